The molecular formula is C26H37NO5S. The number of nitrogens with one attached hydrogen (secondary N) is 1. The van der Waals surface area contributed by atoms with Crippen LogP contribution in [0.3, 0.4) is 0 Å². The number of anilines is 1. The summed E-state index contributed by atoms with van der Waals surface area (Å²) in [5.74, 6) is 6.73. The Morgan fingerprint density at radius 3 is 2.55 bits per heavy atom. The molecule has 1 saturated carbocycles. The van der Waals surface area contributed by atoms with E-state index in [4.69, 9.17) is 14.2 Å². The molecule has 3 rings (SSSR count). The van der Waals surface area contributed by atoms with Gasteiger partial charge in [0, 0.05) is 31.2 Å². The highest BCUT2D eigenvalue weighted by Gasteiger charge is 2.26. The van der Waals surface area contributed by atoms with Crippen molar-refractivity contribution in [3.8, 4) is 11.8 Å². The summed E-state index contributed by atoms with van der Waals surface area (Å²) in [5.41, 5.74) is 0.267. The maximum Gasteiger partial charge on any atom is 0.350 e. The number of ether oxygens (including phenoxy) is 3. The molecule has 1 saturated heterocycles. The number of rotatable bonds is 7. The molecule has 2 aliphatic rings. The van der Waals surface area contributed by atoms with Crippen molar-refractivity contribution in [3.05, 3.63) is 15.8 Å². The number of methoxy groups -OCH3 is 1. The topological polar surface area (TPSA) is 73.9 Å². The summed E-state index contributed by atoms with van der Waals surface area (Å²) < 4.78 is 16.3. The Hall–Kier alpha value is -1.88. The predicted octanol–water partition coefficient (Wildman–Crippen LogP) is 5.26. The zero-order valence-electron chi connectivity index (χ0n) is 20.3. The van der Waals surface area contributed by atoms with Crippen molar-refractivity contribution in [3.63, 3.8) is 0 Å². The summed E-state index contributed by atoms with van der Waals surface area (Å²) in [5, 5.41) is 2.97. The molecule has 1 aromatic rings. The van der Waals surface area contributed by atoms with Crippen molar-refractivity contribution in [1.29, 1.82) is 0 Å². The largest absolute Gasteiger partial charge is 0.465 e. The van der Waals surface area contributed by atoms with Crippen molar-refractivity contribution in [2.24, 2.45) is 17.3 Å². The van der Waals surface area contributed by atoms with Gasteiger partial charge in [-0.15, -0.1) is 11.3 Å². The molecule has 0 atom stereocenters. The van der Waals surface area contributed by atoms with Crippen LogP contribution in [-0.2, 0) is 19.0 Å². The lowest BCUT2D eigenvalue weighted by atomic mass is 9.82. The minimum Gasteiger partial charge on any atom is -0.465 e. The van der Waals surface area contributed by atoms with Gasteiger partial charge in [-0.1, -0.05) is 18.8 Å². The molecule has 0 radical (unpaired) electrons. The fourth-order valence-corrected chi connectivity index (χ4v) is 5.05. The maximum absolute atomic E-state index is 12.8. The van der Waals surface area contributed by atoms with E-state index in [1.54, 1.807) is 6.07 Å². The predicted molar refractivity (Wildman–Crippen MR) is 130 cm³/mol. The molecule has 7 heteroatoms. The Morgan fingerprint density at radius 2 is 1.88 bits per heavy atom. The van der Waals surface area contributed by atoms with E-state index in [9.17, 15) is 9.59 Å². The first kappa shape index (κ1) is 25.7. The lowest BCUT2D eigenvalue weighted by Gasteiger charge is -2.25. The monoisotopic (exact) mass is 475 g/mol. The summed E-state index contributed by atoms with van der Waals surface area (Å²) in [6.45, 7) is 8.61. The minimum atomic E-state index is -0.454. The number of hydrogen-bond donors (Lipinski definition) is 1. The third-order valence-electron chi connectivity index (χ3n) is 6.52. The van der Waals surface area contributed by atoms with Gasteiger partial charge in [0.2, 0.25) is 5.91 Å². The van der Waals surface area contributed by atoms with Crippen LogP contribution in [0.4, 0.5) is 5.69 Å². The standard InChI is InChI=1S/C26H37NO5S/c1-18-5-7-19(8-6-18)24(28)27-22-17-21(33-23(22)25(29)30-4)9-12-26(2,3)13-16-32-20-10-14-31-15-11-20/h17-20H,5-8,10-11,13-16H2,1-4H3,(H,27,28)/t18-,19-. The smallest absolute Gasteiger partial charge is 0.350 e. The zero-order valence-corrected chi connectivity index (χ0v) is 21.1. The van der Waals surface area contributed by atoms with Crippen molar-refractivity contribution in [2.45, 2.75) is 71.8 Å². The highest BCUT2D eigenvalue weighted by atomic mass is 32.1. The quantitative estimate of drug-likeness (QED) is 0.430. The minimum absolute atomic E-state index is 0.00390. The van der Waals surface area contributed by atoms with Gasteiger partial charge >= 0.3 is 5.97 Å². The van der Waals surface area contributed by atoms with Crippen molar-refractivity contribution in [2.75, 3.05) is 32.2 Å². The second kappa shape index (κ2) is 12.0. The van der Waals surface area contributed by atoms with Gasteiger partial charge in [-0.2, -0.15) is 0 Å². The number of esters is 1. The van der Waals surface area contributed by atoms with Crippen molar-refractivity contribution >= 4 is 28.9 Å². The van der Waals surface area contributed by atoms with Crippen LogP contribution in [0.2, 0.25) is 0 Å². The van der Waals surface area contributed by atoms with Crippen LogP contribution in [0.15, 0.2) is 6.07 Å². The fourth-order valence-electron chi connectivity index (χ4n) is 4.16. The molecule has 33 heavy (non-hydrogen) atoms. The first-order valence-corrected chi connectivity index (χ1v) is 12.8. The number of hydrogen-bond acceptors (Lipinski definition) is 6. The average Bonchev–Trinajstić information content (AvgIpc) is 3.21. The Balaban J connectivity index is 1.63. The van der Waals surface area contributed by atoms with Crippen LogP contribution in [0.5, 0.6) is 0 Å². The van der Waals surface area contributed by atoms with Gasteiger partial charge in [-0.3, -0.25) is 4.79 Å². The lowest BCUT2D eigenvalue weighted by Crippen LogP contribution is -2.27. The van der Waals surface area contributed by atoms with Crippen LogP contribution in [0.25, 0.3) is 0 Å². The van der Waals surface area contributed by atoms with Crippen LogP contribution in [-0.4, -0.2) is 44.9 Å². The number of carbonyl (C=O) groups excluding carboxylic acids is 2. The molecule has 182 valence electrons. The summed E-state index contributed by atoms with van der Waals surface area (Å²) >= 11 is 1.26. The van der Waals surface area contributed by atoms with E-state index in [2.05, 4.69) is 37.9 Å². The van der Waals surface area contributed by atoms with E-state index in [1.807, 2.05) is 0 Å². The summed E-state index contributed by atoms with van der Waals surface area (Å²) in [4.78, 5) is 26.2. The van der Waals surface area contributed by atoms with E-state index >= 15 is 0 Å². The van der Waals surface area contributed by atoms with Gasteiger partial charge in [0.25, 0.3) is 0 Å². The molecule has 2 fully saturated rings. The highest BCUT2D eigenvalue weighted by molar-refractivity contribution is 7.15. The van der Waals surface area contributed by atoms with Crippen LogP contribution in [0, 0.1) is 29.1 Å². The molecule has 2 heterocycles. The molecule has 0 aromatic carbocycles. The molecule has 0 unspecified atom stereocenters. The first-order valence-electron chi connectivity index (χ1n) is 12.0. The summed E-state index contributed by atoms with van der Waals surface area (Å²) in [6.07, 6.45) is 6.91. The zero-order chi connectivity index (χ0) is 23.8. The number of amides is 1. The Labute approximate surface area is 201 Å². The Morgan fingerprint density at radius 1 is 1.18 bits per heavy atom. The molecule has 1 aliphatic heterocycles. The number of carbonyl (C=O) groups is 2. The van der Waals surface area contributed by atoms with Gasteiger partial charge in [0.1, 0.15) is 4.88 Å². The molecule has 1 N–H and O–H groups in total. The molecule has 1 aliphatic carbocycles. The van der Waals surface area contributed by atoms with E-state index in [1.165, 1.54) is 18.4 Å². The Kier molecular flexibility index (Phi) is 9.37. The second-order valence-electron chi connectivity index (χ2n) is 9.86. The molecule has 1 amide bonds. The molecule has 6 nitrogen and oxygen atoms in total. The average molecular weight is 476 g/mol. The van der Waals surface area contributed by atoms with Crippen molar-refractivity contribution in [1.82, 2.24) is 0 Å². The third kappa shape index (κ3) is 7.84. The fraction of sp³-hybridized carbons (Fsp3) is 0.692. The van der Waals surface area contributed by atoms with Crippen molar-refractivity contribution < 1.29 is 23.8 Å². The maximum atomic E-state index is 12.8. The van der Waals surface area contributed by atoms with Gasteiger partial charge < -0.3 is 19.5 Å². The van der Waals surface area contributed by atoms with Gasteiger partial charge in [0.05, 0.1) is 23.8 Å². The highest BCUT2D eigenvalue weighted by Crippen LogP contribution is 2.32. The van der Waals surface area contributed by atoms with Gasteiger partial charge in [-0.05, 0) is 70.8 Å². The van der Waals surface area contributed by atoms with Gasteiger partial charge in [-0.25, -0.2) is 4.79 Å². The number of thiophene rings is 1. The van der Waals surface area contributed by atoms with E-state index < -0.39 is 5.97 Å². The van der Waals surface area contributed by atoms with E-state index in [0.717, 1.165) is 63.0 Å². The van der Waals surface area contributed by atoms with Gasteiger partial charge in [0.15, 0.2) is 0 Å². The Bertz CT molecular complexity index is 867. The van der Waals surface area contributed by atoms with Crippen LogP contribution < -0.4 is 5.32 Å². The molecule has 0 spiro atoms. The van der Waals surface area contributed by atoms with Crippen LogP contribution in [0.1, 0.15) is 80.3 Å². The SMILES string of the molecule is COC(=O)c1sc(C#CC(C)(C)CCOC2CCOCC2)cc1NC(=O)[C@H]1CC[C@H](C)CC1. The molecule has 1 aromatic heterocycles. The molecular weight excluding hydrogens is 438 g/mol. The first-order chi connectivity index (χ1) is 15.8. The summed E-state index contributed by atoms with van der Waals surface area (Å²) in [7, 11) is 1.35. The normalized spacial score (nSPS) is 21.7. The second-order valence-corrected chi connectivity index (χ2v) is 10.9. The van der Waals surface area contributed by atoms with Crippen LogP contribution >= 0.6 is 11.3 Å². The molecule has 0 bridgehead atoms. The lowest BCUT2D eigenvalue weighted by molar-refractivity contribution is -0.121. The summed E-state index contributed by atoms with van der Waals surface area (Å²) in [6, 6.07) is 1.79. The third-order valence-corrected chi connectivity index (χ3v) is 7.55. The van der Waals surface area contributed by atoms with E-state index in [-0.39, 0.29) is 23.3 Å². The van der Waals surface area contributed by atoms with E-state index in [0.29, 0.717) is 23.1 Å².